The van der Waals surface area contributed by atoms with E-state index in [1.54, 1.807) is 0 Å². The second kappa shape index (κ2) is 8.45. The van der Waals surface area contributed by atoms with Crippen molar-refractivity contribution in [3.05, 3.63) is 72.4 Å². The zero-order valence-electron chi connectivity index (χ0n) is 17.3. The molecule has 0 bridgehead atoms. The Morgan fingerprint density at radius 3 is 2.24 bits per heavy atom. The second-order valence-electron chi connectivity index (χ2n) is 7.54. The summed E-state index contributed by atoms with van der Waals surface area (Å²) in [6, 6.07) is 22.8. The van der Waals surface area contributed by atoms with Gasteiger partial charge in [0, 0.05) is 23.7 Å². The molecule has 29 heavy (non-hydrogen) atoms. The average molecular weight is 386 g/mol. The van der Waals surface area contributed by atoms with Gasteiger partial charge in [-0.15, -0.1) is 0 Å². The van der Waals surface area contributed by atoms with Gasteiger partial charge in [0.25, 0.3) is 0 Å². The van der Waals surface area contributed by atoms with Crippen LogP contribution < -0.4 is 5.32 Å². The number of nitrogens with one attached hydrogen (secondary N) is 1. The van der Waals surface area contributed by atoms with E-state index in [1.165, 1.54) is 0 Å². The molecule has 0 saturated carbocycles. The Morgan fingerprint density at radius 2 is 1.59 bits per heavy atom. The predicted molar refractivity (Wildman–Crippen MR) is 120 cm³/mol. The molecule has 4 rings (SSSR count). The average Bonchev–Trinajstić information content (AvgIpc) is 3.08. The number of fused-ring (bicyclic) bond motifs is 1. The van der Waals surface area contributed by atoms with Crippen LogP contribution in [0.25, 0.3) is 28.0 Å². The lowest BCUT2D eigenvalue weighted by atomic mass is 10.1. The fourth-order valence-corrected chi connectivity index (χ4v) is 3.56. The Balaban J connectivity index is 1.82. The second-order valence-corrected chi connectivity index (χ2v) is 7.54. The maximum Gasteiger partial charge on any atom is 0.166 e. The normalized spacial score (nSPS) is 11.3. The maximum absolute atomic E-state index is 5.01. The van der Waals surface area contributed by atoms with Crippen molar-refractivity contribution in [1.82, 2.24) is 19.5 Å². The number of rotatable bonds is 7. The first-order valence-corrected chi connectivity index (χ1v) is 10.0. The van der Waals surface area contributed by atoms with Crippen LogP contribution in [0.2, 0.25) is 0 Å². The molecule has 4 aromatic rings. The third-order valence-corrected chi connectivity index (χ3v) is 4.98. The molecule has 2 aromatic carbocycles. The fraction of sp³-hybridized carbons (Fsp3) is 0.250. The Morgan fingerprint density at radius 1 is 0.931 bits per heavy atom. The highest BCUT2D eigenvalue weighted by Crippen LogP contribution is 2.31. The minimum Gasteiger partial charge on any atom is -0.370 e. The number of nitrogens with zero attached hydrogens (tertiary/aromatic N) is 4. The van der Waals surface area contributed by atoms with Crippen molar-refractivity contribution in [1.29, 1.82) is 0 Å². The molecule has 148 valence electrons. The molecule has 0 unspecified atom stereocenters. The monoisotopic (exact) mass is 385 g/mol. The Kier molecular flexibility index (Phi) is 5.58. The van der Waals surface area contributed by atoms with Crippen molar-refractivity contribution in [3.63, 3.8) is 0 Å². The molecule has 0 spiro atoms. The molecule has 0 aliphatic heterocycles. The van der Waals surface area contributed by atoms with E-state index in [-0.39, 0.29) is 0 Å². The van der Waals surface area contributed by atoms with Crippen LogP contribution in [0.4, 0.5) is 5.82 Å². The summed E-state index contributed by atoms with van der Waals surface area (Å²) in [5.41, 5.74) is 6.13. The van der Waals surface area contributed by atoms with E-state index in [0.29, 0.717) is 0 Å². The molecule has 1 N–H and O–H groups in total. The summed E-state index contributed by atoms with van der Waals surface area (Å²) in [4.78, 5) is 7.21. The Hall–Kier alpha value is -3.18. The summed E-state index contributed by atoms with van der Waals surface area (Å²) in [6.07, 6.45) is 1.06. The number of hydrogen-bond acceptors (Lipinski definition) is 4. The van der Waals surface area contributed by atoms with Crippen LogP contribution in [0.5, 0.6) is 0 Å². The van der Waals surface area contributed by atoms with E-state index in [0.717, 1.165) is 59.1 Å². The standard InChI is InChI=1S/C24H27N5/c1-18-23(20-13-8-5-9-14-20)24-26-21(19-11-6-4-7-12-19)17-22(29(24)27-18)25-15-10-16-28(2)3/h4-9,11-14,17,25H,10,15-16H2,1-3H3. The van der Waals surface area contributed by atoms with E-state index in [2.05, 4.69) is 73.7 Å². The van der Waals surface area contributed by atoms with Gasteiger partial charge < -0.3 is 10.2 Å². The van der Waals surface area contributed by atoms with Gasteiger partial charge in [-0.1, -0.05) is 60.7 Å². The van der Waals surface area contributed by atoms with Crippen LogP contribution in [0.1, 0.15) is 12.1 Å². The van der Waals surface area contributed by atoms with Gasteiger partial charge in [-0.2, -0.15) is 9.61 Å². The summed E-state index contributed by atoms with van der Waals surface area (Å²) in [7, 11) is 4.20. The van der Waals surface area contributed by atoms with Crippen LogP contribution >= 0.6 is 0 Å². The van der Waals surface area contributed by atoms with Crippen molar-refractivity contribution in [2.75, 3.05) is 32.5 Å². The van der Waals surface area contributed by atoms with Gasteiger partial charge in [0.2, 0.25) is 0 Å². The lowest BCUT2D eigenvalue weighted by Crippen LogP contribution is -2.17. The van der Waals surface area contributed by atoms with Gasteiger partial charge in [0.15, 0.2) is 5.65 Å². The van der Waals surface area contributed by atoms with Crippen molar-refractivity contribution in [2.45, 2.75) is 13.3 Å². The minimum absolute atomic E-state index is 0.880. The molecule has 5 heteroatoms. The number of hydrogen-bond donors (Lipinski definition) is 1. The van der Waals surface area contributed by atoms with Crippen molar-refractivity contribution in [3.8, 4) is 22.4 Å². The first-order chi connectivity index (χ1) is 14.1. The SMILES string of the molecule is Cc1nn2c(NCCCN(C)C)cc(-c3ccccc3)nc2c1-c1ccccc1. The van der Waals surface area contributed by atoms with Gasteiger partial charge in [0.1, 0.15) is 5.82 Å². The molecular weight excluding hydrogens is 358 g/mol. The lowest BCUT2D eigenvalue weighted by Gasteiger charge is -2.13. The first kappa shape index (κ1) is 19.2. The number of anilines is 1. The topological polar surface area (TPSA) is 45.5 Å². The molecule has 0 aliphatic carbocycles. The van der Waals surface area contributed by atoms with Crippen LogP contribution in [0, 0.1) is 6.92 Å². The van der Waals surface area contributed by atoms with E-state index in [9.17, 15) is 0 Å². The van der Waals surface area contributed by atoms with E-state index in [1.807, 2.05) is 28.8 Å². The Bertz CT molecular complexity index is 1080. The number of aryl methyl sites for hydroxylation is 1. The quantitative estimate of drug-likeness (QED) is 0.467. The van der Waals surface area contributed by atoms with Gasteiger partial charge in [-0.05, 0) is 39.5 Å². The molecule has 2 aromatic heterocycles. The molecule has 0 saturated heterocycles. The lowest BCUT2D eigenvalue weighted by molar-refractivity contribution is 0.405. The molecule has 0 amide bonds. The van der Waals surface area contributed by atoms with E-state index < -0.39 is 0 Å². The molecule has 0 fully saturated rings. The van der Waals surface area contributed by atoms with Crippen molar-refractivity contribution >= 4 is 11.5 Å². The summed E-state index contributed by atoms with van der Waals surface area (Å²) < 4.78 is 1.94. The zero-order valence-corrected chi connectivity index (χ0v) is 17.3. The number of benzene rings is 2. The highest BCUT2D eigenvalue weighted by Gasteiger charge is 2.17. The van der Waals surface area contributed by atoms with Gasteiger partial charge in [-0.3, -0.25) is 0 Å². The van der Waals surface area contributed by atoms with Gasteiger partial charge in [-0.25, -0.2) is 4.98 Å². The molecular formula is C24H27N5. The summed E-state index contributed by atoms with van der Waals surface area (Å²) in [5, 5.41) is 8.40. The highest BCUT2D eigenvalue weighted by atomic mass is 15.3. The van der Waals surface area contributed by atoms with Crippen LogP contribution in [0.3, 0.4) is 0 Å². The molecule has 0 aliphatic rings. The minimum atomic E-state index is 0.880. The van der Waals surface area contributed by atoms with Crippen molar-refractivity contribution in [2.24, 2.45) is 0 Å². The number of aromatic nitrogens is 3. The summed E-state index contributed by atoms with van der Waals surface area (Å²) >= 11 is 0. The molecule has 0 radical (unpaired) electrons. The van der Waals surface area contributed by atoms with Gasteiger partial charge in [0.05, 0.1) is 11.4 Å². The van der Waals surface area contributed by atoms with Gasteiger partial charge >= 0.3 is 0 Å². The van der Waals surface area contributed by atoms with Crippen molar-refractivity contribution < 1.29 is 0 Å². The fourth-order valence-electron chi connectivity index (χ4n) is 3.56. The summed E-state index contributed by atoms with van der Waals surface area (Å²) in [6.45, 7) is 3.97. The maximum atomic E-state index is 5.01. The van der Waals surface area contributed by atoms with Crippen LogP contribution in [-0.4, -0.2) is 46.7 Å². The van der Waals surface area contributed by atoms with E-state index in [4.69, 9.17) is 10.1 Å². The highest BCUT2D eigenvalue weighted by molar-refractivity contribution is 5.82. The van der Waals surface area contributed by atoms with Crippen LogP contribution in [-0.2, 0) is 0 Å². The summed E-state index contributed by atoms with van der Waals surface area (Å²) in [5.74, 6) is 0.970. The zero-order chi connectivity index (χ0) is 20.2. The molecule has 5 nitrogen and oxygen atoms in total. The third-order valence-electron chi connectivity index (χ3n) is 4.98. The largest absolute Gasteiger partial charge is 0.370 e. The smallest absolute Gasteiger partial charge is 0.166 e. The third kappa shape index (κ3) is 4.15. The predicted octanol–water partition coefficient (Wildman–Crippen LogP) is 4.74. The first-order valence-electron chi connectivity index (χ1n) is 10.0. The Labute approximate surface area is 172 Å². The molecule has 0 atom stereocenters. The molecule has 2 heterocycles. The van der Waals surface area contributed by atoms with Crippen LogP contribution in [0.15, 0.2) is 66.7 Å². The van der Waals surface area contributed by atoms with E-state index >= 15 is 0 Å².